The first kappa shape index (κ1) is 9.64. The highest BCUT2D eigenvalue weighted by atomic mass is 15.1. The van der Waals surface area contributed by atoms with E-state index in [4.69, 9.17) is 5.73 Å². The van der Waals surface area contributed by atoms with E-state index in [2.05, 4.69) is 26.7 Å². The van der Waals surface area contributed by atoms with Gasteiger partial charge in [-0.15, -0.1) is 5.10 Å². The second-order valence-corrected chi connectivity index (χ2v) is 3.26. The van der Waals surface area contributed by atoms with Crippen molar-refractivity contribution in [1.82, 2.24) is 19.7 Å². The lowest BCUT2D eigenvalue weighted by atomic mass is 10.3. The minimum atomic E-state index is 0.442. The van der Waals surface area contributed by atoms with E-state index in [9.17, 15) is 0 Å². The summed E-state index contributed by atoms with van der Waals surface area (Å²) in [4.78, 5) is 4.27. The number of nitrogens with zero attached hydrogens (tertiary/aromatic N) is 4. The van der Waals surface area contributed by atoms with Gasteiger partial charge in [-0.2, -0.15) is 5.10 Å². The van der Waals surface area contributed by atoms with Crippen LogP contribution in [-0.4, -0.2) is 19.7 Å². The molecule has 15 heavy (non-hydrogen) atoms. The molecule has 0 bridgehead atoms. The van der Waals surface area contributed by atoms with Gasteiger partial charge in [-0.1, -0.05) is 0 Å². The maximum atomic E-state index is 5.46. The summed E-state index contributed by atoms with van der Waals surface area (Å²) in [5.74, 6) is 1.44. The quantitative estimate of drug-likeness (QED) is 0.803. The van der Waals surface area contributed by atoms with Gasteiger partial charge in [0.2, 0.25) is 0 Å². The van der Waals surface area contributed by atoms with E-state index < -0.39 is 0 Å². The highest BCUT2D eigenvalue weighted by molar-refractivity contribution is 5.26. The standard InChI is InChI=1S/C10H13N5/c1-2-15-6-5-12-10(15)7-8-3-4-9(11)14-13-8/h3-6H,2,7H2,1H3,(H2,11,14). The Morgan fingerprint density at radius 3 is 2.87 bits per heavy atom. The van der Waals surface area contributed by atoms with Crippen LogP contribution in [0.25, 0.3) is 0 Å². The van der Waals surface area contributed by atoms with Crippen LogP contribution in [-0.2, 0) is 13.0 Å². The van der Waals surface area contributed by atoms with E-state index in [1.165, 1.54) is 0 Å². The molecule has 0 aromatic carbocycles. The molecule has 5 nitrogen and oxygen atoms in total. The Balaban J connectivity index is 2.18. The minimum absolute atomic E-state index is 0.442. The minimum Gasteiger partial charge on any atom is -0.382 e. The summed E-state index contributed by atoms with van der Waals surface area (Å²) in [6.45, 7) is 3.00. The van der Waals surface area contributed by atoms with Gasteiger partial charge in [-0.3, -0.25) is 0 Å². The van der Waals surface area contributed by atoms with Gasteiger partial charge >= 0.3 is 0 Å². The first-order valence-electron chi connectivity index (χ1n) is 4.87. The third kappa shape index (κ3) is 2.12. The summed E-state index contributed by atoms with van der Waals surface area (Å²) in [5.41, 5.74) is 6.34. The molecule has 0 radical (unpaired) electrons. The summed E-state index contributed by atoms with van der Waals surface area (Å²) < 4.78 is 2.08. The third-order valence-electron chi connectivity index (χ3n) is 2.22. The molecular weight excluding hydrogens is 190 g/mol. The normalized spacial score (nSPS) is 10.5. The molecule has 0 aliphatic carbocycles. The molecule has 0 saturated heterocycles. The molecular formula is C10H13N5. The Morgan fingerprint density at radius 1 is 1.33 bits per heavy atom. The van der Waals surface area contributed by atoms with Crippen LogP contribution < -0.4 is 5.73 Å². The lowest BCUT2D eigenvalue weighted by molar-refractivity contribution is 0.705. The molecule has 2 heterocycles. The Bertz CT molecular complexity index is 431. The number of aromatic nitrogens is 4. The second-order valence-electron chi connectivity index (χ2n) is 3.26. The molecule has 2 N–H and O–H groups in total. The largest absolute Gasteiger partial charge is 0.382 e. The average Bonchev–Trinajstić information content (AvgIpc) is 2.69. The van der Waals surface area contributed by atoms with Gasteiger partial charge in [0.1, 0.15) is 11.6 Å². The van der Waals surface area contributed by atoms with Gasteiger partial charge in [0.25, 0.3) is 0 Å². The maximum Gasteiger partial charge on any atom is 0.146 e. The zero-order valence-electron chi connectivity index (χ0n) is 8.59. The van der Waals surface area contributed by atoms with Crippen LogP contribution >= 0.6 is 0 Å². The first-order valence-corrected chi connectivity index (χ1v) is 4.87. The number of nitrogens with two attached hydrogens (primary N) is 1. The third-order valence-corrected chi connectivity index (χ3v) is 2.22. The fraction of sp³-hybridized carbons (Fsp3) is 0.300. The average molecular weight is 203 g/mol. The molecule has 5 heteroatoms. The van der Waals surface area contributed by atoms with Crippen LogP contribution in [0.2, 0.25) is 0 Å². The summed E-state index contributed by atoms with van der Waals surface area (Å²) >= 11 is 0. The molecule has 0 saturated carbocycles. The highest BCUT2D eigenvalue weighted by Gasteiger charge is 2.03. The molecule has 0 aliphatic heterocycles. The predicted octanol–water partition coefficient (Wildman–Crippen LogP) is 0.866. The Labute approximate surface area is 88.0 Å². The molecule has 2 aromatic rings. The van der Waals surface area contributed by atoms with Gasteiger partial charge in [-0.25, -0.2) is 4.98 Å². The van der Waals surface area contributed by atoms with Crippen LogP contribution in [0, 0.1) is 0 Å². The van der Waals surface area contributed by atoms with E-state index in [0.717, 1.165) is 18.1 Å². The second kappa shape index (κ2) is 4.08. The molecule has 0 atom stereocenters. The number of nitrogen functional groups attached to an aromatic ring is 1. The molecule has 78 valence electrons. The smallest absolute Gasteiger partial charge is 0.146 e. The van der Waals surface area contributed by atoms with Crippen molar-refractivity contribution in [3.63, 3.8) is 0 Å². The number of hydrogen-bond donors (Lipinski definition) is 1. The van der Waals surface area contributed by atoms with Crippen molar-refractivity contribution in [3.8, 4) is 0 Å². The summed E-state index contributed by atoms with van der Waals surface area (Å²) in [7, 11) is 0. The Morgan fingerprint density at radius 2 is 2.20 bits per heavy atom. The molecule has 0 unspecified atom stereocenters. The summed E-state index contributed by atoms with van der Waals surface area (Å²) in [6, 6.07) is 3.62. The van der Waals surface area contributed by atoms with Crippen molar-refractivity contribution in [1.29, 1.82) is 0 Å². The lowest BCUT2D eigenvalue weighted by Crippen LogP contribution is -2.04. The van der Waals surface area contributed by atoms with Crippen LogP contribution in [0.15, 0.2) is 24.5 Å². The molecule has 0 fully saturated rings. The molecule has 0 amide bonds. The van der Waals surface area contributed by atoms with E-state index in [1.807, 2.05) is 12.3 Å². The number of aryl methyl sites for hydroxylation is 1. The van der Waals surface area contributed by atoms with E-state index in [0.29, 0.717) is 12.2 Å². The fourth-order valence-corrected chi connectivity index (χ4v) is 1.42. The van der Waals surface area contributed by atoms with Crippen molar-refractivity contribution in [2.45, 2.75) is 19.9 Å². The topological polar surface area (TPSA) is 69.6 Å². The monoisotopic (exact) mass is 203 g/mol. The first-order chi connectivity index (χ1) is 7.29. The van der Waals surface area contributed by atoms with Crippen molar-refractivity contribution in [2.75, 3.05) is 5.73 Å². The predicted molar refractivity (Wildman–Crippen MR) is 57.2 cm³/mol. The maximum absolute atomic E-state index is 5.46. The Kier molecular flexibility index (Phi) is 2.62. The summed E-state index contributed by atoms with van der Waals surface area (Å²) in [6.07, 6.45) is 4.44. The number of rotatable bonds is 3. The van der Waals surface area contributed by atoms with Gasteiger partial charge < -0.3 is 10.3 Å². The molecule has 2 aromatic heterocycles. The Hall–Kier alpha value is -1.91. The van der Waals surface area contributed by atoms with E-state index in [-0.39, 0.29) is 0 Å². The van der Waals surface area contributed by atoms with E-state index >= 15 is 0 Å². The zero-order chi connectivity index (χ0) is 10.7. The lowest BCUT2D eigenvalue weighted by Gasteiger charge is -2.03. The van der Waals surface area contributed by atoms with Crippen LogP contribution in [0.5, 0.6) is 0 Å². The van der Waals surface area contributed by atoms with Crippen molar-refractivity contribution >= 4 is 5.82 Å². The van der Waals surface area contributed by atoms with Crippen LogP contribution in [0.1, 0.15) is 18.4 Å². The van der Waals surface area contributed by atoms with Gasteiger partial charge in [-0.05, 0) is 19.1 Å². The highest BCUT2D eigenvalue weighted by Crippen LogP contribution is 2.05. The van der Waals surface area contributed by atoms with E-state index in [1.54, 1.807) is 12.3 Å². The number of hydrogen-bond acceptors (Lipinski definition) is 4. The molecule has 0 spiro atoms. The van der Waals surface area contributed by atoms with Crippen molar-refractivity contribution < 1.29 is 0 Å². The molecule has 2 rings (SSSR count). The SMILES string of the molecule is CCn1ccnc1Cc1ccc(N)nn1. The van der Waals surface area contributed by atoms with Gasteiger partial charge in [0.15, 0.2) is 0 Å². The van der Waals surface area contributed by atoms with Crippen molar-refractivity contribution in [2.24, 2.45) is 0 Å². The summed E-state index contributed by atoms with van der Waals surface area (Å²) in [5, 5.41) is 7.81. The number of anilines is 1. The van der Waals surface area contributed by atoms with Gasteiger partial charge in [0, 0.05) is 18.9 Å². The van der Waals surface area contributed by atoms with Crippen molar-refractivity contribution in [3.05, 3.63) is 36.0 Å². The zero-order valence-corrected chi connectivity index (χ0v) is 8.59. The molecule has 0 aliphatic rings. The van der Waals surface area contributed by atoms with Gasteiger partial charge in [0.05, 0.1) is 12.1 Å². The van der Waals surface area contributed by atoms with Crippen LogP contribution in [0.4, 0.5) is 5.82 Å². The fourth-order valence-electron chi connectivity index (χ4n) is 1.42. The van der Waals surface area contributed by atoms with Crippen LogP contribution in [0.3, 0.4) is 0 Å². The number of imidazole rings is 1.